The van der Waals surface area contributed by atoms with Gasteiger partial charge in [0.1, 0.15) is 0 Å². The molecule has 4 aromatic carbocycles. The van der Waals surface area contributed by atoms with Crippen molar-refractivity contribution in [3.05, 3.63) is 169 Å². The number of rotatable bonds is 8. The molecule has 1 aliphatic carbocycles. The van der Waals surface area contributed by atoms with Gasteiger partial charge >= 0.3 is 17.1 Å². The predicted octanol–water partition coefficient (Wildman–Crippen LogP) is 7.72. The average molecular weight is 553 g/mol. The first-order valence-corrected chi connectivity index (χ1v) is 12.9. The van der Waals surface area contributed by atoms with Crippen LogP contribution in [0, 0.1) is 26.2 Å². The fourth-order valence-corrected chi connectivity index (χ4v) is 4.43. The summed E-state index contributed by atoms with van der Waals surface area (Å²) in [4.78, 5) is 2.40. The van der Waals surface area contributed by atoms with Crippen LogP contribution in [0.2, 0.25) is 0 Å². The molecule has 0 fully saturated rings. The Hall–Kier alpha value is -3.76. The van der Waals surface area contributed by atoms with E-state index in [1.807, 2.05) is 55.7 Å². The van der Waals surface area contributed by atoms with Gasteiger partial charge < -0.3 is 4.42 Å². The van der Waals surface area contributed by atoms with Crippen LogP contribution < -0.4 is 0 Å². The normalized spacial score (nSPS) is 12.8. The maximum Gasteiger partial charge on any atom is 2.00 e. The molecule has 6 rings (SSSR count). The molecule has 1 aliphatic rings. The summed E-state index contributed by atoms with van der Waals surface area (Å²) < 4.78 is 6.29. The number of benzene rings is 3. The Kier molecular flexibility index (Phi) is 10.4. The molecule has 0 saturated carbocycles. The van der Waals surface area contributed by atoms with Crippen molar-refractivity contribution >= 4 is 0 Å². The van der Waals surface area contributed by atoms with E-state index in [0.29, 0.717) is 11.8 Å². The number of nitrogens with zero attached hydrogens (tertiary/aromatic N) is 3. The van der Waals surface area contributed by atoms with Crippen LogP contribution in [-0.2, 0) is 30.2 Å². The average Bonchev–Trinajstić information content (AvgIpc) is 3.76. The third-order valence-electron chi connectivity index (χ3n) is 6.35. The molecule has 1 aromatic heterocycles. The molecule has 5 heteroatoms. The fraction of sp³-hybridized carbons (Fsp3) is 0.118. The van der Waals surface area contributed by atoms with Gasteiger partial charge in [-0.3, -0.25) is 4.90 Å². The minimum absolute atomic E-state index is 0. The van der Waals surface area contributed by atoms with Crippen LogP contribution >= 0.6 is 0 Å². The Morgan fingerprint density at radius 1 is 0.795 bits per heavy atom. The first-order chi connectivity index (χ1) is 18.8. The number of allylic oxidation sites excluding steroid dienone is 2. The van der Waals surface area contributed by atoms with Crippen LogP contribution in [0.4, 0.5) is 0 Å². The Labute approximate surface area is 242 Å². The van der Waals surface area contributed by atoms with E-state index < -0.39 is 0 Å². The van der Waals surface area contributed by atoms with Crippen LogP contribution in [0.15, 0.2) is 126 Å². The van der Waals surface area contributed by atoms with Crippen LogP contribution in [0.25, 0.3) is 11.5 Å². The van der Waals surface area contributed by atoms with Crippen molar-refractivity contribution in [2.45, 2.75) is 26.1 Å². The summed E-state index contributed by atoms with van der Waals surface area (Å²) in [6.45, 7) is 3.58. The quantitative estimate of drug-likeness (QED) is 0.146. The molecule has 0 aliphatic heterocycles. The summed E-state index contributed by atoms with van der Waals surface area (Å²) in [6, 6.07) is 37.4. The Bertz CT molecular complexity index is 1350. The monoisotopic (exact) mass is 553 g/mol. The van der Waals surface area contributed by atoms with Crippen molar-refractivity contribution in [3.8, 4) is 11.5 Å². The number of hydrogen-bond donors (Lipinski definition) is 0. The fourth-order valence-electron chi connectivity index (χ4n) is 4.43. The van der Waals surface area contributed by atoms with E-state index in [4.69, 9.17) is 4.42 Å². The summed E-state index contributed by atoms with van der Waals surface area (Å²) in [5.41, 5.74) is 5.75. The Morgan fingerprint density at radius 3 is 1.97 bits per heavy atom. The largest absolute Gasteiger partial charge is 2.00 e. The minimum Gasteiger partial charge on any atom is -0.419 e. The molecular weight excluding hydrogens is 522 g/mol. The van der Waals surface area contributed by atoms with E-state index >= 15 is 0 Å². The van der Waals surface area contributed by atoms with Crippen molar-refractivity contribution in [2.75, 3.05) is 0 Å². The second-order valence-electron chi connectivity index (χ2n) is 9.27. The van der Waals surface area contributed by atoms with Gasteiger partial charge in [-0.05, 0) is 30.2 Å². The van der Waals surface area contributed by atoms with Gasteiger partial charge in [-0.2, -0.15) is 12.1 Å². The summed E-state index contributed by atoms with van der Waals surface area (Å²) in [5, 5.41) is 8.92. The summed E-state index contributed by atoms with van der Waals surface area (Å²) >= 11 is 0. The van der Waals surface area contributed by atoms with Gasteiger partial charge in [0.05, 0.1) is 6.04 Å². The molecule has 0 amide bonds. The second kappa shape index (κ2) is 14.4. The Morgan fingerprint density at radius 2 is 1.46 bits per heavy atom. The van der Waals surface area contributed by atoms with Gasteiger partial charge in [-0.25, -0.2) is 30.7 Å². The first kappa shape index (κ1) is 28.3. The van der Waals surface area contributed by atoms with Gasteiger partial charge in [0.2, 0.25) is 11.8 Å². The molecule has 1 heterocycles. The van der Waals surface area contributed by atoms with E-state index in [9.17, 15) is 0 Å². The number of aromatic nitrogens is 2. The van der Waals surface area contributed by atoms with Gasteiger partial charge in [-0.15, -0.1) is 28.6 Å². The molecule has 5 aromatic rings. The molecule has 1 unspecified atom stereocenters. The predicted molar refractivity (Wildman–Crippen MR) is 153 cm³/mol. The molecule has 2 radical (unpaired) electrons. The molecule has 0 saturated heterocycles. The maximum absolute atomic E-state index is 6.29. The van der Waals surface area contributed by atoms with Crippen LogP contribution in [-0.4, -0.2) is 15.1 Å². The Balaban J connectivity index is 0.000000530. The topological polar surface area (TPSA) is 42.2 Å². The van der Waals surface area contributed by atoms with E-state index in [2.05, 4.69) is 107 Å². The van der Waals surface area contributed by atoms with Crippen LogP contribution in [0.3, 0.4) is 0 Å². The minimum atomic E-state index is -0.160. The van der Waals surface area contributed by atoms with Crippen molar-refractivity contribution in [1.82, 2.24) is 15.1 Å². The zero-order chi connectivity index (χ0) is 26.0. The van der Waals surface area contributed by atoms with E-state index in [1.54, 1.807) is 0 Å². The molecule has 196 valence electrons. The van der Waals surface area contributed by atoms with E-state index in [-0.39, 0.29) is 23.1 Å². The third kappa shape index (κ3) is 7.87. The summed E-state index contributed by atoms with van der Waals surface area (Å²) in [7, 11) is 0. The van der Waals surface area contributed by atoms with E-state index in [1.165, 1.54) is 16.7 Å². The van der Waals surface area contributed by atoms with Crippen LogP contribution in [0.5, 0.6) is 0 Å². The van der Waals surface area contributed by atoms with Gasteiger partial charge in [0.25, 0.3) is 0 Å². The van der Waals surface area contributed by atoms with E-state index in [0.717, 1.165) is 24.2 Å². The standard InChI is InChI=1S/C29H26N3O.C5H5.Fe/c1-22-16-18-26(19-17-22)28-30-31-29(33-28)27(25-14-8-9-15-25)32(20-23-10-4-2-5-11-23)21-24-12-6-3-7-13-24;1-2-4-5-3-1;/h2-19,27H,20-21H2,1H3;1-5H;/q2*-1;+2. The SMILES string of the molecule is Cc1ccc(-c2nnc(C(c3ccc[cH-]3)N(Cc3ccccc3)Cc3ccccc3)o2)cc1.[CH]1[CH][CH-]C=C1.[Fe+2]. The molecule has 39 heavy (non-hydrogen) atoms. The number of hydrogen-bond acceptors (Lipinski definition) is 4. The molecule has 4 nitrogen and oxygen atoms in total. The van der Waals surface area contributed by atoms with Crippen molar-refractivity contribution in [2.24, 2.45) is 0 Å². The molecule has 1 atom stereocenters. The van der Waals surface area contributed by atoms with Crippen molar-refractivity contribution in [1.29, 1.82) is 0 Å². The molecule has 0 bridgehead atoms. The summed E-state index contributed by atoms with van der Waals surface area (Å²) in [5.74, 6) is 1.14. The molecule has 0 spiro atoms. The van der Waals surface area contributed by atoms with Crippen molar-refractivity contribution in [3.63, 3.8) is 0 Å². The maximum atomic E-state index is 6.29. The third-order valence-corrected chi connectivity index (χ3v) is 6.35. The second-order valence-corrected chi connectivity index (χ2v) is 9.27. The van der Waals surface area contributed by atoms with Gasteiger partial charge in [-0.1, -0.05) is 78.4 Å². The molecular formula is C34H31FeN3O. The smallest absolute Gasteiger partial charge is 0.419 e. The van der Waals surface area contributed by atoms with Gasteiger partial charge in [0.15, 0.2) is 0 Å². The molecule has 0 N–H and O–H groups in total. The summed E-state index contributed by atoms with van der Waals surface area (Å²) in [6.07, 6.45) is 10.0. The first-order valence-electron chi connectivity index (χ1n) is 12.9. The zero-order valence-corrected chi connectivity index (χ0v) is 23.0. The van der Waals surface area contributed by atoms with Crippen molar-refractivity contribution < 1.29 is 21.5 Å². The number of aryl methyl sites for hydroxylation is 1. The zero-order valence-electron chi connectivity index (χ0n) is 21.9. The van der Waals surface area contributed by atoms with Crippen LogP contribution in [0.1, 0.15) is 34.2 Å². The van der Waals surface area contributed by atoms with Gasteiger partial charge in [0, 0.05) is 18.7 Å².